The van der Waals surface area contributed by atoms with Gasteiger partial charge >= 0.3 is 0 Å². The molecule has 0 bridgehead atoms. The van der Waals surface area contributed by atoms with E-state index in [9.17, 15) is 0 Å². The molecule has 1 aliphatic rings. The molecule has 1 aromatic carbocycles. The Hall–Kier alpha value is -0.860. The van der Waals surface area contributed by atoms with Crippen LogP contribution < -0.4 is 5.32 Å². The molecule has 0 radical (unpaired) electrons. The van der Waals surface area contributed by atoms with E-state index < -0.39 is 0 Å². The third-order valence-electron chi connectivity index (χ3n) is 4.75. The van der Waals surface area contributed by atoms with Crippen LogP contribution in [0.4, 0.5) is 0 Å². The summed E-state index contributed by atoms with van der Waals surface area (Å²) in [6, 6.07) is 11.0. The molecule has 0 aromatic heterocycles. The monoisotopic (exact) mass is 288 g/mol. The second kappa shape index (κ2) is 7.95. The van der Waals surface area contributed by atoms with Crippen molar-refractivity contribution in [2.75, 3.05) is 13.1 Å². The molecule has 1 fully saturated rings. The normalized spacial score (nSPS) is 18.0. The van der Waals surface area contributed by atoms with E-state index in [2.05, 4.69) is 62.2 Å². The Balaban J connectivity index is 2.14. The zero-order chi connectivity index (χ0) is 15.2. The topological polar surface area (TPSA) is 15.3 Å². The van der Waals surface area contributed by atoms with Crippen LogP contribution in [0.15, 0.2) is 24.3 Å². The number of hydrogen-bond donors (Lipinski definition) is 1. The first-order valence-corrected chi connectivity index (χ1v) is 8.79. The molecule has 0 heterocycles. The van der Waals surface area contributed by atoms with Gasteiger partial charge in [-0.3, -0.25) is 4.90 Å². The van der Waals surface area contributed by atoms with Crippen LogP contribution in [0.3, 0.4) is 0 Å². The summed E-state index contributed by atoms with van der Waals surface area (Å²) in [7, 11) is 0. The zero-order valence-electron chi connectivity index (χ0n) is 14.2. The Morgan fingerprint density at radius 3 is 2.29 bits per heavy atom. The standard InChI is InChI=1S/C19H32N2/c1-5-14-20-19(15(4)21(7-3)18-12-13-18)17-10-8-16(6-2)9-11-17/h8-11,15,18-20H,5-7,12-14H2,1-4H3. The summed E-state index contributed by atoms with van der Waals surface area (Å²) >= 11 is 0. The minimum atomic E-state index is 0.441. The summed E-state index contributed by atoms with van der Waals surface area (Å²) in [5.41, 5.74) is 2.86. The first kappa shape index (κ1) is 16.5. The fraction of sp³-hybridized carbons (Fsp3) is 0.684. The number of nitrogens with zero attached hydrogens (tertiary/aromatic N) is 1. The van der Waals surface area contributed by atoms with Crippen LogP contribution in [-0.4, -0.2) is 30.1 Å². The fourth-order valence-corrected chi connectivity index (χ4v) is 3.30. The van der Waals surface area contributed by atoms with Gasteiger partial charge in [0.1, 0.15) is 0 Å². The average molecular weight is 288 g/mol. The number of aryl methyl sites for hydroxylation is 1. The van der Waals surface area contributed by atoms with E-state index in [1.807, 2.05) is 0 Å². The lowest BCUT2D eigenvalue weighted by molar-refractivity contribution is 0.168. The maximum Gasteiger partial charge on any atom is 0.0475 e. The van der Waals surface area contributed by atoms with E-state index in [0.717, 1.165) is 25.6 Å². The molecule has 0 saturated heterocycles. The molecule has 1 aliphatic carbocycles. The number of likely N-dealkylation sites (N-methyl/N-ethyl adjacent to an activating group) is 1. The Labute approximate surface area is 130 Å². The van der Waals surface area contributed by atoms with Gasteiger partial charge in [0.15, 0.2) is 0 Å². The van der Waals surface area contributed by atoms with Crippen molar-refractivity contribution in [3.05, 3.63) is 35.4 Å². The van der Waals surface area contributed by atoms with Crippen molar-refractivity contribution in [1.82, 2.24) is 10.2 Å². The lowest BCUT2D eigenvalue weighted by Gasteiger charge is -2.35. The Morgan fingerprint density at radius 1 is 1.14 bits per heavy atom. The van der Waals surface area contributed by atoms with E-state index in [1.165, 1.54) is 30.4 Å². The van der Waals surface area contributed by atoms with Gasteiger partial charge in [0.05, 0.1) is 0 Å². The Morgan fingerprint density at radius 2 is 1.81 bits per heavy atom. The molecule has 0 amide bonds. The highest BCUT2D eigenvalue weighted by Crippen LogP contribution is 2.32. The van der Waals surface area contributed by atoms with Crippen LogP contribution in [0.25, 0.3) is 0 Å². The van der Waals surface area contributed by atoms with Crippen LogP contribution in [0.5, 0.6) is 0 Å². The Kier molecular flexibility index (Phi) is 6.25. The van der Waals surface area contributed by atoms with Crippen LogP contribution in [0.1, 0.15) is 64.1 Å². The van der Waals surface area contributed by atoms with Crippen LogP contribution in [0, 0.1) is 0 Å². The largest absolute Gasteiger partial charge is 0.309 e. The minimum absolute atomic E-state index is 0.441. The second-order valence-corrected chi connectivity index (χ2v) is 6.33. The highest BCUT2D eigenvalue weighted by molar-refractivity contribution is 5.26. The van der Waals surface area contributed by atoms with E-state index in [4.69, 9.17) is 0 Å². The predicted octanol–water partition coefficient (Wildman–Crippen LogP) is 4.16. The number of benzene rings is 1. The van der Waals surface area contributed by atoms with E-state index in [1.54, 1.807) is 0 Å². The smallest absolute Gasteiger partial charge is 0.0475 e. The SMILES string of the molecule is CCCNC(c1ccc(CC)cc1)C(C)N(CC)C1CC1. The summed E-state index contributed by atoms with van der Waals surface area (Å²) in [6.45, 7) is 11.4. The first-order valence-electron chi connectivity index (χ1n) is 8.79. The number of rotatable bonds is 9. The second-order valence-electron chi connectivity index (χ2n) is 6.33. The Bertz CT molecular complexity index is 408. The maximum absolute atomic E-state index is 3.78. The molecule has 2 heteroatoms. The quantitative estimate of drug-likeness (QED) is 0.734. The summed E-state index contributed by atoms with van der Waals surface area (Å²) in [5.74, 6) is 0. The summed E-state index contributed by atoms with van der Waals surface area (Å²) < 4.78 is 0. The van der Waals surface area contributed by atoms with Gasteiger partial charge in [0, 0.05) is 18.1 Å². The summed E-state index contributed by atoms with van der Waals surface area (Å²) in [4.78, 5) is 2.68. The van der Waals surface area contributed by atoms with Gasteiger partial charge in [-0.05, 0) is 56.8 Å². The van der Waals surface area contributed by atoms with Gasteiger partial charge in [-0.1, -0.05) is 45.0 Å². The van der Waals surface area contributed by atoms with Crippen molar-refractivity contribution < 1.29 is 0 Å². The van der Waals surface area contributed by atoms with Gasteiger partial charge in [-0.2, -0.15) is 0 Å². The molecule has 1 aromatic rings. The zero-order valence-corrected chi connectivity index (χ0v) is 14.2. The molecule has 2 nitrogen and oxygen atoms in total. The number of nitrogens with one attached hydrogen (secondary N) is 1. The molecule has 0 aliphatic heterocycles. The molecule has 21 heavy (non-hydrogen) atoms. The molecule has 2 atom stereocenters. The van der Waals surface area contributed by atoms with E-state index >= 15 is 0 Å². The molecule has 1 N–H and O–H groups in total. The van der Waals surface area contributed by atoms with Crippen LogP contribution in [0.2, 0.25) is 0 Å². The summed E-state index contributed by atoms with van der Waals surface area (Å²) in [5, 5.41) is 3.78. The van der Waals surface area contributed by atoms with Gasteiger partial charge in [0.2, 0.25) is 0 Å². The molecule has 2 unspecified atom stereocenters. The number of hydrogen-bond acceptors (Lipinski definition) is 2. The summed E-state index contributed by atoms with van der Waals surface area (Å²) in [6.07, 6.45) is 5.07. The van der Waals surface area contributed by atoms with Crippen LogP contribution in [-0.2, 0) is 6.42 Å². The molecule has 118 valence electrons. The highest BCUT2D eigenvalue weighted by atomic mass is 15.2. The fourth-order valence-electron chi connectivity index (χ4n) is 3.30. The highest BCUT2D eigenvalue weighted by Gasteiger charge is 2.34. The molecular formula is C19H32N2. The minimum Gasteiger partial charge on any atom is -0.309 e. The maximum atomic E-state index is 3.78. The van der Waals surface area contributed by atoms with Gasteiger partial charge < -0.3 is 5.32 Å². The van der Waals surface area contributed by atoms with Crippen molar-refractivity contribution in [2.45, 2.75) is 71.5 Å². The van der Waals surface area contributed by atoms with E-state index in [0.29, 0.717) is 12.1 Å². The predicted molar refractivity (Wildman–Crippen MR) is 91.7 cm³/mol. The third kappa shape index (κ3) is 4.31. The van der Waals surface area contributed by atoms with Gasteiger partial charge in [-0.15, -0.1) is 0 Å². The van der Waals surface area contributed by atoms with Crippen molar-refractivity contribution >= 4 is 0 Å². The van der Waals surface area contributed by atoms with Crippen molar-refractivity contribution in [3.8, 4) is 0 Å². The van der Waals surface area contributed by atoms with E-state index in [-0.39, 0.29) is 0 Å². The van der Waals surface area contributed by atoms with Gasteiger partial charge in [-0.25, -0.2) is 0 Å². The third-order valence-corrected chi connectivity index (χ3v) is 4.75. The molecule has 2 rings (SSSR count). The van der Waals surface area contributed by atoms with Crippen molar-refractivity contribution in [3.63, 3.8) is 0 Å². The van der Waals surface area contributed by atoms with Gasteiger partial charge in [0.25, 0.3) is 0 Å². The molecule has 1 saturated carbocycles. The molecular weight excluding hydrogens is 256 g/mol. The van der Waals surface area contributed by atoms with Crippen molar-refractivity contribution in [2.24, 2.45) is 0 Å². The average Bonchev–Trinajstić information content (AvgIpc) is 3.34. The first-order chi connectivity index (χ1) is 10.2. The molecule has 0 spiro atoms. The van der Waals surface area contributed by atoms with Crippen molar-refractivity contribution in [1.29, 1.82) is 0 Å². The lowest BCUT2D eigenvalue weighted by atomic mass is 9.97. The van der Waals surface area contributed by atoms with Crippen LogP contribution >= 0.6 is 0 Å². The lowest BCUT2D eigenvalue weighted by Crippen LogP contribution is -2.44.